The summed E-state index contributed by atoms with van der Waals surface area (Å²) >= 11 is 0. The standard InChI is InChI=1S/C4H8N2O4.2K/c1-2-3(4(7)8)6(10)5-9;;/h3,10H,2H2,1H3,(H,7,8);;/q;2*+1/p-1. The van der Waals surface area contributed by atoms with E-state index in [0.29, 0.717) is 0 Å². The molecule has 0 aliphatic rings. The second kappa shape index (κ2) is 11.2. The normalized spacial score (nSPS) is 10.2. The summed E-state index contributed by atoms with van der Waals surface area (Å²) in [5, 5.41) is 20.3. The Balaban J connectivity index is -0.000000405. The van der Waals surface area contributed by atoms with Crippen LogP contribution in [0.5, 0.6) is 0 Å². The maximum atomic E-state index is 10.0. The first-order valence-electron chi connectivity index (χ1n) is 2.65. The molecule has 8 heteroatoms. The summed E-state index contributed by atoms with van der Waals surface area (Å²) in [4.78, 5) is 19.6. The number of carbonyl (C=O) groups excluding carboxylic acids is 1. The molecule has 0 spiro atoms. The number of nitroso groups, excluding NO2 is 1. The first kappa shape index (κ1) is 19.6. The Hall–Kier alpha value is 2.10. The molecule has 1 N–H and O–H groups in total. The van der Waals surface area contributed by atoms with Crippen LogP contribution in [0.1, 0.15) is 13.3 Å². The molecule has 0 aromatic carbocycles. The van der Waals surface area contributed by atoms with Gasteiger partial charge in [-0.2, -0.15) is 0 Å². The Labute approximate surface area is 155 Å². The molecule has 0 aliphatic carbocycles. The fourth-order valence-corrected chi connectivity index (χ4v) is 0.481. The van der Waals surface area contributed by atoms with E-state index in [9.17, 15) is 14.8 Å². The van der Waals surface area contributed by atoms with Gasteiger partial charge in [0.05, 0.1) is 11.3 Å². The maximum Gasteiger partial charge on any atom is 1.00 e. The smallest absolute Gasteiger partial charge is 0.548 e. The van der Waals surface area contributed by atoms with Gasteiger partial charge in [-0.3, -0.25) is 5.21 Å². The average Bonchev–Trinajstić information content (AvgIpc) is 1.88. The van der Waals surface area contributed by atoms with Crippen LogP contribution < -0.4 is 108 Å². The van der Waals surface area contributed by atoms with Crippen LogP contribution in [0.4, 0.5) is 0 Å². The van der Waals surface area contributed by atoms with Gasteiger partial charge in [-0.25, -0.2) is 0 Å². The van der Waals surface area contributed by atoms with E-state index in [1.54, 1.807) is 0 Å². The van der Waals surface area contributed by atoms with Crippen molar-refractivity contribution in [2.75, 3.05) is 0 Å². The number of carboxylic acid groups (broad SMARTS) is 1. The van der Waals surface area contributed by atoms with E-state index in [4.69, 9.17) is 5.21 Å². The van der Waals surface area contributed by atoms with Crippen molar-refractivity contribution in [3.8, 4) is 0 Å². The van der Waals surface area contributed by atoms with E-state index in [-0.39, 0.29) is 114 Å². The third-order valence-electron chi connectivity index (χ3n) is 1.02. The van der Waals surface area contributed by atoms with Crippen LogP contribution in [0.25, 0.3) is 0 Å². The number of aliphatic carboxylic acids is 1. The monoisotopic (exact) mass is 225 g/mol. The number of carbonyl (C=O) groups is 1. The van der Waals surface area contributed by atoms with Crippen LogP contribution >= 0.6 is 0 Å². The van der Waals surface area contributed by atoms with Gasteiger partial charge in [0.25, 0.3) is 0 Å². The maximum absolute atomic E-state index is 10.0. The molecule has 0 bridgehead atoms. The van der Waals surface area contributed by atoms with Crippen LogP contribution in [0.15, 0.2) is 5.29 Å². The fraction of sp³-hybridized carbons (Fsp3) is 0.750. The Morgan fingerprint density at radius 2 is 2.08 bits per heavy atom. The molecule has 58 valence electrons. The van der Waals surface area contributed by atoms with Gasteiger partial charge in [0.2, 0.25) is 0 Å². The van der Waals surface area contributed by atoms with Gasteiger partial charge < -0.3 is 9.90 Å². The zero-order valence-electron chi connectivity index (χ0n) is 7.35. The van der Waals surface area contributed by atoms with Crippen molar-refractivity contribution in [2.45, 2.75) is 19.4 Å². The number of hydroxylamine groups is 1. The van der Waals surface area contributed by atoms with Gasteiger partial charge in [0.1, 0.15) is 6.04 Å². The molecule has 0 radical (unpaired) electrons. The molecule has 0 aromatic heterocycles. The molecule has 0 saturated carbocycles. The number of nitrogens with zero attached hydrogens (tertiary/aromatic N) is 2. The molecular weight excluding hydrogens is 218 g/mol. The van der Waals surface area contributed by atoms with Crippen molar-refractivity contribution in [3.63, 3.8) is 0 Å². The van der Waals surface area contributed by atoms with Crippen LogP contribution in [0.2, 0.25) is 0 Å². The van der Waals surface area contributed by atoms with Gasteiger partial charge in [-0.15, -0.1) is 10.1 Å². The summed E-state index contributed by atoms with van der Waals surface area (Å²) in [5.74, 6) is -1.52. The number of hydrogen-bond acceptors (Lipinski definition) is 5. The quantitative estimate of drug-likeness (QED) is 0.291. The van der Waals surface area contributed by atoms with Crippen LogP contribution in [0, 0.1) is 4.91 Å². The van der Waals surface area contributed by atoms with Gasteiger partial charge in [-0.1, -0.05) is 6.92 Å². The Bertz CT molecular complexity index is 145. The summed E-state index contributed by atoms with van der Waals surface area (Å²) < 4.78 is 0. The average molecular weight is 225 g/mol. The van der Waals surface area contributed by atoms with Gasteiger partial charge in [-0.05, 0) is 6.42 Å². The van der Waals surface area contributed by atoms with Crippen molar-refractivity contribution in [1.82, 2.24) is 5.17 Å². The van der Waals surface area contributed by atoms with Crippen molar-refractivity contribution < 1.29 is 118 Å². The molecule has 1 atom stereocenters. The summed E-state index contributed by atoms with van der Waals surface area (Å²) in [6.45, 7) is 1.48. The molecule has 0 rings (SSSR count). The molecule has 6 nitrogen and oxygen atoms in total. The van der Waals surface area contributed by atoms with E-state index in [1.807, 2.05) is 5.29 Å². The Morgan fingerprint density at radius 3 is 2.17 bits per heavy atom. The predicted octanol–water partition coefficient (Wildman–Crippen LogP) is -7.10. The first-order chi connectivity index (χ1) is 4.63. The Morgan fingerprint density at radius 1 is 1.67 bits per heavy atom. The zero-order valence-corrected chi connectivity index (χ0v) is 13.6. The van der Waals surface area contributed by atoms with E-state index >= 15 is 0 Å². The number of hydrogen-bond donors (Lipinski definition) is 1. The molecular formula is C4H7K2N2O4+. The molecule has 0 saturated heterocycles. The number of carboxylic acids is 1. The van der Waals surface area contributed by atoms with Crippen molar-refractivity contribution >= 4 is 5.97 Å². The SMILES string of the molecule is CCC(C(=O)[O-])N(O)N=O.[K+].[K+]. The molecule has 0 aromatic rings. The topological polar surface area (TPSA) is 93.0 Å². The zero-order chi connectivity index (χ0) is 8.15. The minimum absolute atomic E-state index is 0. The largest absolute Gasteiger partial charge is 1.00 e. The van der Waals surface area contributed by atoms with E-state index < -0.39 is 12.0 Å². The van der Waals surface area contributed by atoms with E-state index in [1.165, 1.54) is 6.92 Å². The molecule has 0 amide bonds. The molecule has 0 fully saturated rings. The second-order valence-electron chi connectivity index (χ2n) is 1.65. The van der Waals surface area contributed by atoms with Crippen LogP contribution in [-0.2, 0) is 4.79 Å². The predicted molar refractivity (Wildman–Crippen MR) is 28.5 cm³/mol. The third kappa shape index (κ3) is 7.50. The van der Waals surface area contributed by atoms with Crippen molar-refractivity contribution in [1.29, 1.82) is 0 Å². The van der Waals surface area contributed by atoms with Gasteiger partial charge >= 0.3 is 103 Å². The minimum atomic E-state index is -1.52. The first-order valence-corrected chi connectivity index (χ1v) is 2.65. The summed E-state index contributed by atoms with van der Waals surface area (Å²) in [7, 11) is 0. The molecule has 12 heavy (non-hydrogen) atoms. The Kier molecular flexibility index (Phi) is 18.3. The molecule has 0 heterocycles. The van der Waals surface area contributed by atoms with Crippen molar-refractivity contribution in [2.24, 2.45) is 5.29 Å². The summed E-state index contributed by atoms with van der Waals surface area (Å²) in [6.07, 6.45) is 0.0601. The second-order valence-corrected chi connectivity index (χ2v) is 1.65. The minimum Gasteiger partial charge on any atom is -0.548 e. The third-order valence-corrected chi connectivity index (χ3v) is 1.02. The van der Waals surface area contributed by atoms with E-state index in [0.717, 1.165) is 0 Å². The van der Waals surface area contributed by atoms with Gasteiger partial charge in [0, 0.05) is 0 Å². The van der Waals surface area contributed by atoms with Crippen LogP contribution in [0.3, 0.4) is 0 Å². The van der Waals surface area contributed by atoms with Gasteiger partial charge in [0.15, 0.2) is 0 Å². The summed E-state index contributed by atoms with van der Waals surface area (Å²) in [5.41, 5.74) is 0. The van der Waals surface area contributed by atoms with E-state index in [2.05, 4.69) is 0 Å². The molecule has 1 unspecified atom stereocenters. The number of rotatable bonds is 4. The van der Waals surface area contributed by atoms with Crippen molar-refractivity contribution in [3.05, 3.63) is 4.91 Å². The summed E-state index contributed by atoms with van der Waals surface area (Å²) in [6, 6.07) is -1.35. The van der Waals surface area contributed by atoms with Crippen LogP contribution in [-0.4, -0.2) is 22.4 Å². The fourth-order valence-electron chi connectivity index (χ4n) is 0.481. The molecule has 0 aliphatic heterocycles.